The summed E-state index contributed by atoms with van der Waals surface area (Å²) in [6.07, 6.45) is 3.43. The maximum absolute atomic E-state index is 12.1. The molecule has 0 atom stereocenters. The first kappa shape index (κ1) is 18.6. The minimum atomic E-state index is -0.228. The Kier molecular flexibility index (Phi) is 6.42. The molecule has 2 heterocycles. The number of aromatic nitrogens is 4. The molecule has 3 rings (SSSR count). The number of thiol groups is 1. The number of tetrazole rings is 1. The second-order valence-electron chi connectivity index (χ2n) is 6.22. The van der Waals surface area contributed by atoms with E-state index in [0.29, 0.717) is 17.4 Å². The van der Waals surface area contributed by atoms with Crippen LogP contribution in [0.25, 0.3) is 5.69 Å². The molecule has 1 aromatic carbocycles. The lowest BCUT2D eigenvalue weighted by molar-refractivity contribution is 0.0239. The average molecular weight is 376 g/mol. The van der Waals surface area contributed by atoms with Crippen LogP contribution in [0.5, 0.6) is 0 Å². The molecular formula is C16H24N8OS. The zero-order chi connectivity index (χ0) is 18.4. The summed E-state index contributed by atoms with van der Waals surface area (Å²) in [6, 6.07) is 7.04. The fourth-order valence-corrected chi connectivity index (χ4v) is 3.13. The van der Waals surface area contributed by atoms with E-state index in [1.807, 2.05) is 18.2 Å². The number of carbonyl (C=O) groups excluding carboxylic acids is 1. The van der Waals surface area contributed by atoms with Crippen molar-refractivity contribution in [2.75, 3.05) is 38.5 Å². The highest BCUT2D eigenvalue weighted by molar-refractivity contribution is 7.80. The molecule has 0 saturated carbocycles. The summed E-state index contributed by atoms with van der Waals surface area (Å²) >= 11 is 4.19. The van der Waals surface area contributed by atoms with Gasteiger partial charge >= 0.3 is 6.03 Å². The van der Waals surface area contributed by atoms with E-state index in [-0.39, 0.29) is 6.03 Å². The van der Waals surface area contributed by atoms with Gasteiger partial charge in [0.15, 0.2) is 0 Å². The van der Waals surface area contributed by atoms with Crippen LogP contribution in [0, 0.1) is 0 Å². The van der Waals surface area contributed by atoms with Crippen molar-refractivity contribution in [3.05, 3.63) is 24.3 Å². The molecule has 1 aromatic heterocycles. The number of hydrogen-bond acceptors (Lipinski definition) is 7. The Morgan fingerprint density at radius 2 is 2.15 bits per heavy atom. The van der Waals surface area contributed by atoms with Crippen molar-refractivity contribution in [3.63, 3.8) is 0 Å². The molecule has 0 aliphatic carbocycles. The highest BCUT2D eigenvalue weighted by Gasteiger charge is 2.15. The molecule has 26 heavy (non-hydrogen) atoms. The van der Waals surface area contributed by atoms with Crippen LogP contribution >= 0.6 is 12.6 Å². The van der Waals surface area contributed by atoms with Gasteiger partial charge in [-0.25, -0.2) is 14.8 Å². The maximum Gasteiger partial charge on any atom is 0.319 e. The summed E-state index contributed by atoms with van der Waals surface area (Å²) in [5.74, 6) is 0. The number of amides is 2. The lowest BCUT2D eigenvalue weighted by atomic mass is 10.3. The first-order valence-corrected chi connectivity index (χ1v) is 9.17. The molecule has 0 unspecified atom stereocenters. The van der Waals surface area contributed by atoms with Gasteiger partial charge < -0.3 is 10.6 Å². The van der Waals surface area contributed by atoms with Crippen molar-refractivity contribution >= 4 is 24.3 Å². The minimum Gasteiger partial charge on any atom is -0.338 e. The number of anilines is 1. The first-order chi connectivity index (χ1) is 12.6. The Hall–Kier alpha value is -2.17. The maximum atomic E-state index is 12.1. The molecule has 0 bridgehead atoms. The number of carbonyl (C=O) groups is 1. The van der Waals surface area contributed by atoms with E-state index in [1.165, 1.54) is 17.5 Å². The molecule has 0 radical (unpaired) electrons. The lowest BCUT2D eigenvalue weighted by Crippen LogP contribution is -2.39. The minimum absolute atomic E-state index is 0.228. The number of hydrazine groups is 1. The highest BCUT2D eigenvalue weighted by Crippen LogP contribution is 2.16. The number of hydrogen-bond donors (Lipinski definition) is 3. The van der Waals surface area contributed by atoms with Crippen LogP contribution in [0.4, 0.5) is 10.5 Å². The Morgan fingerprint density at radius 3 is 2.88 bits per heavy atom. The standard InChI is InChI=1S/C16H24N8OS/c1-22(23-10-2-3-11-23)9-5-8-17-15(25)18-13-6-4-7-14(12-13)24-16(26)19-20-21-24/h4,6-7,12H,2-3,5,8-11H2,1H3,(H2,17,18,25)(H,19,21,26). The van der Waals surface area contributed by atoms with E-state index in [2.05, 4.69) is 55.9 Å². The van der Waals surface area contributed by atoms with Crippen LogP contribution in [-0.2, 0) is 0 Å². The van der Waals surface area contributed by atoms with Gasteiger partial charge in [0.1, 0.15) is 0 Å². The summed E-state index contributed by atoms with van der Waals surface area (Å²) in [5, 5.41) is 21.9. The Labute approximate surface area is 158 Å². The number of benzene rings is 1. The van der Waals surface area contributed by atoms with Gasteiger partial charge in [0.05, 0.1) is 5.69 Å². The quantitative estimate of drug-likeness (QED) is 0.500. The Balaban J connectivity index is 1.43. The van der Waals surface area contributed by atoms with Crippen LogP contribution in [0.3, 0.4) is 0 Å². The van der Waals surface area contributed by atoms with Crippen LogP contribution < -0.4 is 10.6 Å². The summed E-state index contributed by atoms with van der Waals surface area (Å²) in [5.41, 5.74) is 1.39. The molecule has 1 aliphatic heterocycles. The van der Waals surface area contributed by atoms with Gasteiger partial charge in [-0.1, -0.05) is 6.07 Å². The second kappa shape index (κ2) is 8.97. The third-order valence-electron chi connectivity index (χ3n) is 4.31. The monoisotopic (exact) mass is 376 g/mol. The van der Waals surface area contributed by atoms with E-state index in [4.69, 9.17) is 0 Å². The lowest BCUT2D eigenvalue weighted by Gasteiger charge is -2.27. The summed E-state index contributed by atoms with van der Waals surface area (Å²) < 4.78 is 1.49. The van der Waals surface area contributed by atoms with Crippen LogP contribution in [0.15, 0.2) is 29.4 Å². The van der Waals surface area contributed by atoms with Gasteiger partial charge in [0, 0.05) is 38.9 Å². The third-order valence-corrected chi connectivity index (χ3v) is 4.59. The molecule has 2 aromatic rings. The van der Waals surface area contributed by atoms with Gasteiger partial charge in [0.2, 0.25) is 5.16 Å². The SMILES string of the molecule is CN(CCCNC(=O)Nc1cccc(-n2nnnc2S)c1)N1CCCC1. The molecule has 140 valence electrons. The number of nitrogens with one attached hydrogen (secondary N) is 2. The topological polar surface area (TPSA) is 91.2 Å². The summed E-state index contributed by atoms with van der Waals surface area (Å²) in [7, 11) is 2.10. The van der Waals surface area contributed by atoms with Gasteiger partial charge in [-0.3, -0.25) is 0 Å². The van der Waals surface area contributed by atoms with E-state index in [1.54, 1.807) is 6.07 Å². The molecule has 1 aliphatic rings. The first-order valence-electron chi connectivity index (χ1n) is 8.72. The molecule has 0 spiro atoms. The average Bonchev–Trinajstić information content (AvgIpc) is 3.30. The summed E-state index contributed by atoms with van der Waals surface area (Å²) in [6.45, 7) is 3.82. The molecule has 10 heteroatoms. The van der Waals surface area contributed by atoms with Crippen LogP contribution in [0.2, 0.25) is 0 Å². The fraction of sp³-hybridized carbons (Fsp3) is 0.500. The van der Waals surface area contributed by atoms with Crippen molar-refractivity contribution in [3.8, 4) is 5.69 Å². The van der Waals surface area contributed by atoms with Gasteiger partial charge in [-0.15, -0.1) is 17.7 Å². The predicted octanol–water partition coefficient (Wildman–Crippen LogP) is 1.41. The van der Waals surface area contributed by atoms with Crippen molar-refractivity contribution in [1.82, 2.24) is 35.5 Å². The van der Waals surface area contributed by atoms with E-state index in [9.17, 15) is 4.79 Å². The number of rotatable bonds is 7. The Morgan fingerprint density at radius 1 is 1.35 bits per heavy atom. The molecule has 1 saturated heterocycles. The zero-order valence-corrected chi connectivity index (χ0v) is 15.7. The van der Waals surface area contributed by atoms with Crippen molar-refractivity contribution in [1.29, 1.82) is 0 Å². The van der Waals surface area contributed by atoms with Gasteiger partial charge in [0.25, 0.3) is 0 Å². The molecule has 2 N–H and O–H groups in total. The normalized spacial score (nSPS) is 14.7. The molecule has 2 amide bonds. The number of urea groups is 1. The van der Waals surface area contributed by atoms with Crippen molar-refractivity contribution < 1.29 is 4.79 Å². The smallest absolute Gasteiger partial charge is 0.319 e. The van der Waals surface area contributed by atoms with E-state index in [0.717, 1.165) is 31.7 Å². The van der Waals surface area contributed by atoms with Gasteiger partial charge in [-0.2, -0.15) is 4.68 Å². The van der Waals surface area contributed by atoms with E-state index >= 15 is 0 Å². The van der Waals surface area contributed by atoms with Crippen LogP contribution in [-0.4, -0.2) is 69.5 Å². The second-order valence-corrected chi connectivity index (χ2v) is 6.62. The Bertz CT molecular complexity index is 731. The largest absolute Gasteiger partial charge is 0.338 e. The third kappa shape index (κ3) is 4.93. The van der Waals surface area contributed by atoms with Crippen molar-refractivity contribution in [2.24, 2.45) is 0 Å². The molecular weight excluding hydrogens is 352 g/mol. The highest BCUT2D eigenvalue weighted by atomic mass is 32.1. The van der Waals surface area contributed by atoms with Crippen molar-refractivity contribution in [2.45, 2.75) is 24.4 Å². The zero-order valence-electron chi connectivity index (χ0n) is 14.8. The van der Waals surface area contributed by atoms with E-state index < -0.39 is 0 Å². The molecule has 9 nitrogen and oxygen atoms in total. The number of nitrogens with zero attached hydrogens (tertiary/aromatic N) is 6. The fourth-order valence-electron chi connectivity index (χ4n) is 2.93. The van der Waals surface area contributed by atoms with Gasteiger partial charge in [-0.05, 0) is 47.9 Å². The molecule has 1 fully saturated rings. The van der Waals surface area contributed by atoms with Crippen LogP contribution in [0.1, 0.15) is 19.3 Å². The summed E-state index contributed by atoms with van der Waals surface area (Å²) in [4.78, 5) is 12.1. The predicted molar refractivity (Wildman–Crippen MR) is 101 cm³/mol.